The quantitative estimate of drug-likeness (QED) is 0.340. The molecule has 0 spiro atoms. The van der Waals surface area contributed by atoms with Gasteiger partial charge in [-0.2, -0.15) is 5.10 Å². The molecule has 0 bridgehead atoms. The third-order valence-electron chi connectivity index (χ3n) is 4.94. The van der Waals surface area contributed by atoms with E-state index in [1.54, 1.807) is 35.4 Å². The van der Waals surface area contributed by atoms with Gasteiger partial charge in [-0.15, -0.1) is 0 Å². The van der Waals surface area contributed by atoms with Gasteiger partial charge in [0.05, 0.1) is 16.8 Å². The molecular formula is C23H24N6O3S. The van der Waals surface area contributed by atoms with Crippen molar-refractivity contribution in [1.29, 1.82) is 0 Å². The van der Waals surface area contributed by atoms with Crippen LogP contribution in [0.3, 0.4) is 0 Å². The predicted molar refractivity (Wildman–Crippen MR) is 127 cm³/mol. The van der Waals surface area contributed by atoms with Crippen molar-refractivity contribution in [2.45, 2.75) is 17.5 Å². The summed E-state index contributed by atoms with van der Waals surface area (Å²) in [5, 5.41) is 20.5. The average molecular weight is 465 g/mol. The molecule has 9 nitrogen and oxygen atoms in total. The van der Waals surface area contributed by atoms with E-state index in [-0.39, 0.29) is 4.90 Å². The maximum atomic E-state index is 11.5. The predicted octanol–water partition coefficient (Wildman–Crippen LogP) is 3.00. The van der Waals surface area contributed by atoms with Gasteiger partial charge in [-0.3, -0.25) is 4.68 Å². The molecule has 0 fully saturated rings. The lowest BCUT2D eigenvalue weighted by Gasteiger charge is -2.15. The topological polar surface area (TPSA) is 122 Å². The van der Waals surface area contributed by atoms with Crippen molar-refractivity contribution in [2.24, 2.45) is 7.05 Å². The average Bonchev–Trinajstić information content (AvgIpc) is 3.19. The van der Waals surface area contributed by atoms with Crippen LogP contribution < -0.4 is 10.6 Å². The van der Waals surface area contributed by atoms with Gasteiger partial charge in [-0.25, -0.2) is 18.4 Å². The maximum Gasteiger partial charge on any atom is 0.227 e. The Morgan fingerprint density at radius 3 is 2.18 bits per heavy atom. The summed E-state index contributed by atoms with van der Waals surface area (Å²) >= 11 is 0. The highest BCUT2D eigenvalue weighted by Crippen LogP contribution is 2.21. The molecule has 0 aliphatic heterocycles. The number of anilines is 3. The number of aryl methyl sites for hydroxylation is 1. The smallest absolute Gasteiger partial charge is 0.227 e. The second kappa shape index (κ2) is 9.39. The van der Waals surface area contributed by atoms with Crippen LogP contribution in [0.1, 0.15) is 5.56 Å². The zero-order valence-electron chi connectivity index (χ0n) is 18.2. The van der Waals surface area contributed by atoms with Crippen molar-refractivity contribution in [3.63, 3.8) is 0 Å². The normalized spacial score (nSPS) is 12.3. The van der Waals surface area contributed by atoms with Crippen LogP contribution in [0.25, 0.3) is 11.1 Å². The minimum atomic E-state index is -3.25. The van der Waals surface area contributed by atoms with Crippen molar-refractivity contribution in [1.82, 2.24) is 19.7 Å². The molecule has 0 radical (unpaired) electrons. The number of benzene rings is 2. The molecular weight excluding hydrogens is 440 g/mol. The Kier molecular flexibility index (Phi) is 6.38. The second-order valence-electron chi connectivity index (χ2n) is 7.68. The van der Waals surface area contributed by atoms with Crippen molar-refractivity contribution in [3.8, 4) is 11.1 Å². The minimum Gasteiger partial charge on any atom is -0.373 e. The van der Waals surface area contributed by atoms with E-state index in [4.69, 9.17) is 0 Å². The third kappa shape index (κ3) is 5.93. The first-order valence-electron chi connectivity index (χ1n) is 10.2. The third-order valence-corrected chi connectivity index (χ3v) is 6.07. The van der Waals surface area contributed by atoms with E-state index in [9.17, 15) is 13.5 Å². The lowest BCUT2D eigenvalue weighted by Crippen LogP contribution is -2.21. The Bertz CT molecular complexity index is 1320. The molecule has 2 aromatic heterocycles. The summed E-state index contributed by atoms with van der Waals surface area (Å²) in [6, 6.07) is 14.1. The fourth-order valence-corrected chi connectivity index (χ4v) is 3.89. The molecule has 170 valence electrons. The molecule has 0 amide bonds. The first-order chi connectivity index (χ1) is 15.8. The van der Waals surface area contributed by atoms with Gasteiger partial charge in [0.2, 0.25) is 5.95 Å². The molecule has 2 heterocycles. The van der Waals surface area contributed by atoms with E-state index in [0.717, 1.165) is 28.6 Å². The number of aromatic nitrogens is 4. The van der Waals surface area contributed by atoms with E-state index in [1.807, 2.05) is 37.5 Å². The van der Waals surface area contributed by atoms with Crippen LogP contribution in [0.5, 0.6) is 0 Å². The van der Waals surface area contributed by atoms with Crippen LogP contribution in [0.4, 0.5) is 17.3 Å². The molecule has 4 aromatic rings. The lowest BCUT2D eigenvalue weighted by atomic mass is 10.0. The molecule has 1 atom stereocenters. The van der Waals surface area contributed by atoms with E-state index in [2.05, 4.69) is 25.7 Å². The number of rotatable bonds is 8. The number of sulfone groups is 1. The fraction of sp³-hybridized carbons (Fsp3) is 0.174. The molecule has 3 N–H and O–H groups in total. The summed E-state index contributed by atoms with van der Waals surface area (Å²) in [7, 11) is -1.41. The summed E-state index contributed by atoms with van der Waals surface area (Å²) in [5.74, 6) is 0.488. The molecule has 0 saturated carbocycles. The largest absolute Gasteiger partial charge is 0.373 e. The Balaban J connectivity index is 1.34. The zero-order chi connectivity index (χ0) is 23.4. The number of hydrogen-bond donors (Lipinski definition) is 3. The van der Waals surface area contributed by atoms with Gasteiger partial charge in [-0.05, 0) is 35.4 Å². The number of hydrogen-bond acceptors (Lipinski definition) is 8. The van der Waals surface area contributed by atoms with Gasteiger partial charge in [0.25, 0.3) is 0 Å². The van der Waals surface area contributed by atoms with Gasteiger partial charge < -0.3 is 15.7 Å². The summed E-state index contributed by atoms with van der Waals surface area (Å²) < 4.78 is 24.8. The number of nitrogens with zero attached hydrogens (tertiary/aromatic N) is 4. The maximum absolute atomic E-state index is 11.5. The van der Waals surface area contributed by atoms with Crippen LogP contribution in [0.2, 0.25) is 0 Å². The molecule has 4 rings (SSSR count). The standard InChI is InChI=1S/C23H24N6O3S/c1-29-15-20(14-26-29)28-23-24-12-18(13-25-23)17-5-3-16(4-6-17)11-22(30)27-19-7-9-21(10-8-19)33(2,31)32/h3-10,12-15,22,27,30H,11H2,1-2H3,(H,24,25,28). The van der Waals surface area contributed by atoms with Crippen molar-refractivity contribution in [3.05, 3.63) is 78.9 Å². The molecule has 0 aliphatic carbocycles. The van der Waals surface area contributed by atoms with Crippen LogP contribution in [-0.2, 0) is 23.3 Å². The van der Waals surface area contributed by atoms with E-state index in [1.165, 1.54) is 12.1 Å². The molecule has 1 unspecified atom stereocenters. The van der Waals surface area contributed by atoms with Gasteiger partial charge >= 0.3 is 0 Å². The monoisotopic (exact) mass is 464 g/mol. The van der Waals surface area contributed by atoms with E-state index < -0.39 is 16.1 Å². The van der Waals surface area contributed by atoms with Crippen molar-refractivity contribution >= 4 is 27.2 Å². The molecule has 2 aromatic carbocycles. The van der Waals surface area contributed by atoms with Crippen molar-refractivity contribution in [2.75, 3.05) is 16.9 Å². The van der Waals surface area contributed by atoms with Gasteiger partial charge in [0.15, 0.2) is 9.84 Å². The van der Waals surface area contributed by atoms with Gasteiger partial charge in [0, 0.05) is 49.6 Å². The van der Waals surface area contributed by atoms with Gasteiger partial charge in [0.1, 0.15) is 6.23 Å². The fourth-order valence-electron chi connectivity index (χ4n) is 3.25. The SMILES string of the molecule is Cn1cc(Nc2ncc(-c3ccc(CC(O)Nc4ccc(S(C)(=O)=O)cc4)cc3)cn2)cn1. The Labute approximate surface area is 192 Å². The Hall–Kier alpha value is -3.76. The van der Waals surface area contributed by atoms with Crippen LogP contribution in [-0.4, -0.2) is 45.8 Å². The molecule has 10 heteroatoms. The summed E-state index contributed by atoms with van der Waals surface area (Å²) in [4.78, 5) is 8.94. The van der Waals surface area contributed by atoms with Crippen LogP contribution >= 0.6 is 0 Å². The van der Waals surface area contributed by atoms with Crippen LogP contribution in [0.15, 0.2) is 78.2 Å². The number of aliphatic hydroxyl groups excluding tert-OH is 1. The summed E-state index contributed by atoms with van der Waals surface area (Å²) in [6.45, 7) is 0. The highest BCUT2D eigenvalue weighted by Gasteiger charge is 2.09. The summed E-state index contributed by atoms with van der Waals surface area (Å²) in [5.41, 5.74) is 4.24. The van der Waals surface area contributed by atoms with E-state index in [0.29, 0.717) is 18.1 Å². The van der Waals surface area contributed by atoms with Gasteiger partial charge in [-0.1, -0.05) is 24.3 Å². The Morgan fingerprint density at radius 1 is 0.939 bits per heavy atom. The highest BCUT2D eigenvalue weighted by molar-refractivity contribution is 7.90. The second-order valence-corrected chi connectivity index (χ2v) is 9.70. The molecule has 0 aliphatic rings. The van der Waals surface area contributed by atoms with Crippen molar-refractivity contribution < 1.29 is 13.5 Å². The lowest BCUT2D eigenvalue weighted by molar-refractivity contribution is 0.204. The van der Waals surface area contributed by atoms with Crippen LogP contribution in [0, 0.1) is 0 Å². The Morgan fingerprint density at radius 2 is 1.61 bits per heavy atom. The number of aliphatic hydroxyl groups is 1. The van der Waals surface area contributed by atoms with E-state index >= 15 is 0 Å². The number of nitrogens with one attached hydrogen (secondary N) is 2. The summed E-state index contributed by atoms with van der Waals surface area (Å²) in [6.07, 6.45) is 7.76. The molecule has 33 heavy (non-hydrogen) atoms. The zero-order valence-corrected chi connectivity index (χ0v) is 19.0. The highest BCUT2D eigenvalue weighted by atomic mass is 32.2. The first-order valence-corrected chi connectivity index (χ1v) is 12.1. The minimum absolute atomic E-state index is 0.239. The first kappa shape index (κ1) is 22.4. The molecule has 0 saturated heterocycles.